The van der Waals surface area contributed by atoms with E-state index in [9.17, 15) is 8.42 Å². The maximum absolute atomic E-state index is 12.2. The molecule has 19 heavy (non-hydrogen) atoms. The second kappa shape index (κ2) is 5.40. The quantitative estimate of drug-likeness (QED) is 0.847. The Kier molecular flexibility index (Phi) is 4.20. The Balaban J connectivity index is 2.19. The molecule has 2 rings (SSSR count). The normalized spacial score (nSPS) is 17.4. The van der Waals surface area contributed by atoms with E-state index >= 15 is 0 Å². The largest absolute Gasteiger partial charge is 0.313 e. The summed E-state index contributed by atoms with van der Waals surface area (Å²) in [6.45, 7) is 5.40. The molecule has 4 nitrogen and oxygen atoms in total. The molecule has 0 amide bonds. The second-order valence-electron chi connectivity index (χ2n) is 5.20. The van der Waals surface area contributed by atoms with Crippen LogP contribution in [-0.2, 0) is 16.6 Å². The van der Waals surface area contributed by atoms with E-state index in [4.69, 9.17) is 11.6 Å². The Morgan fingerprint density at radius 3 is 2.58 bits per heavy atom. The number of halogens is 1. The van der Waals surface area contributed by atoms with Gasteiger partial charge >= 0.3 is 0 Å². The molecule has 1 fully saturated rings. The molecule has 6 heteroatoms. The Bertz CT molecular complexity index is 568. The molecule has 0 aromatic heterocycles. The third kappa shape index (κ3) is 3.69. The molecule has 0 spiro atoms. The highest BCUT2D eigenvalue weighted by molar-refractivity contribution is 7.89. The molecule has 1 aromatic rings. The zero-order valence-electron chi connectivity index (χ0n) is 11.2. The molecule has 2 N–H and O–H groups in total. The van der Waals surface area contributed by atoms with Crippen LogP contribution < -0.4 is 10.0 Å². The third-order valence-electron chi connectivity index (χ3n) is 3.28. The number of hydrogen-bond acceptors (Lipinski definition) is 3. The minimum Gasteiger partial charge on any atom is -0.313 e. The monoisotopic (exact) mass is 302 g/mol. The fourth-order valence-electron chi connectivity index (χ4n) is 1.77. The Morgan fingerprint density at radius 1 is 1.37 bits per heavy atom. The summed E-state index contributed by atoms with van der Waals surface area (Å²) >= 11 is 6.13. The highest BCUT2D eigenvalue weighted by atomic mass is 35.5. The minimum atomic E-state index is -3.47. The van der Waals surface area contributed by atoms with Gasteiger partial charge in [-0.2, -0.15) is 0 Å². The van der Waals surface area contributed by atoms with Crippen LogP contribution in [0, 0.1) is 0 Å². The molecule has 0 saturated heterocycles. The highest BCUT2D eigenvalue weighted by Gasteiger charge is 2.41. The molecule has 0 bridgehead atoms. The number of hydrogen-bond donors (Lipinski definition) is 2. The number of benzene rings is 1. The van der Waals surface area contributed by atoms with Gasteiger partial charge in [0.2, 0.25) is 10.0 Å². The van der Waals surface area contributed by atoms with E-state index in [0.29, 0.717) is 11.6 Å². The molecule has 1 aliphatic carbocycles. The van der Waals surface area contributed by atoms with Gasteiger partial charge in [0.15, 0.2) is 0 Å². The zero-order valence-corrected chi connectivity index (χ0v) is 12.7. The molecule has 0 radical (unpaired) electrons. The van der Waals surface area contributed by atoms with Crippen molar-refractivity contribution in [3.8, 4) is 0 Å². The summed E-state index contributed by atoms with van der Waals surface area (Å²) in [5, 5.41) is 3.64. The summed E-state index contributed by atoms with van der Waals surface area (Å²) in [5.41, 5.74) is 0.633. The van der Waals surface area contributed by atoms with Gasteiger partial charge in [-0.3, -0.25) is 0 Å². The molecular formula is C13H19ClN2O2S. The van der Waals surface area contributed by atoms with E-state index in [0.717, 1.165) is 24.9 Å². The van der Waals surface area contributed by atoms with Crippen molar-refractivity contribution in [2.24, 2.45) is 0 Å². The van der Waals surface area contributed by atoms with Gasteiger partial charge in [0.25, 0.3) is 0 Å². The standard InChI is InChI=1S/C13H19ClN2O2S/c1-3-15-9-10-4-5-11(8-12(10)14)19(17,18)16-13(2)6-7-13/h4-5,8,15-16H,3,6-7,9H2,1-2H3. The average Bonchev–Trinajstić information content (AvgIpc) is 3.04. The van der Waals surface area contributed by atoms with E-state index in [1.807, 2.05) is 13.8 Å². The maximum atomic E-state index is 12.2. The van der Waals surface area contributed by atoms with E-state index in [2.05, 4.69) is 10.0 Å². The van der Waals surface area contributed by atoms with Crippen molar-refractivity contribution in [1.82, 2.24) is 10.0 Å². The summed E-state index contributed by atoms with van der Waals surface area (Å²) in [5.74, 6) is 0. The summed E-state index contributed by atoms with van der Waals surface area (Å²) in [6.07, 6.45) is 1.77. The first-order valence-corrected chi connectivity index (χ1v) is 8.25. The lowest BCUT2D eigenvalue weighted by Crippen LogP contribution is -2.34. The third-order valence-corrected chi connectivity index (χ3v) is 5.27. The van der Waals surface area contributed by atoms with Crippen LogP contribution in [0.3, 0.4) is 0 Å². The summed E-state index contributed by atoms with van der Waals surface area (Å²) in [7, 11) is -3.47. The average molecular weight is 303 g/mol. The molecular weight excluding hydrogens is 284 g/mol. The number of nitrogens with one attached hydrogen (secondary N) is 2. The Labute approximate surface area is 119 Å². The minimum absolute atomic E-state index is 0.228. The first-order chi connectivity index (χ1) is 8.86. The van der Waals surface area contributed by atoms with Gasteiger partial charge < -0.3 is 5.32 Å². The first-order valence-electron chi connectivity index (χ1n) is 6.39. The lowest BCUT2D eigenvalue weighted by atomic mass is 10.2. The summed E-state index contributed by atoms with van der Waals surface area (Å²) in [4.78, 5) is 0.228. The van der Waals surface area contributed by atoms with Crippen molar-refractivity contribution >= 4 is 21.6 Å². The van der Waals surface area contributed by atoms with Crippen molar-refractivity contribution in [3.63, 3.8) is 0 Å². The Hall–Kier alpha value is -0.620. The molecule has 0 aliphatic heterocycles. The van der Waals surface area contributed by atoms with Gasteiger partial charge in [0, 0.05) is 17.1 Å². The van der Waals surface area contributed by atoms with Crippen molar-refractivity contribution in [1.29, 1.82) is 0 Å². The number of sulfonamides is 1. The van der Waals surface area contributed by atoms with Crippen molar-refractivity contribution in [2.45, 2.75) is 43.7 Å². The second-order valence-corrected chi connectivity index (χ2v) is 7.29. The van der Waals surface area contributed by atoms with Crippen molar-refractivity contribution in [3.05, 3.63) is 28.8 Å². The molecule has 0 heterocycles. The summed E-state index contributed by atoms with van der Waals surface area (Å²) in [6, 6.07) is 4.88. The van der Waals surface area contributed by atoms with Crippen LogP contribution in [-0.4, -0.2) is 20.5 Å². The molecule has 0 atom stereocenters. The van der Waals surface area contributed by atoms with Crippen molar-refractivity contribution in [2.75, 3.05) is 6.54 Å². The maximum Gasteiger partial charge on any atom is 0.241 e. The molecule has 1 saturated carbocycles. The van der Waals surface area contributed by atoms with E-state index in [1.165, 1.54) is 6.07 Å². The lowest BCUT2D eigenvalue weighted by molar-refractivity contribution is 0.558. The SMILES string of the molecule is CCNCc1ccc(S(=O)(=O)NC2(C)CC2)cc1Cl. The highest BCUT2D eigenvalue weighted by Crippen LogP contribution is 2.36. The lowest BCUT2D eigenvalue weighted by Gasteiger charge is -2.13. The molecule has 106 valence electrons. The molecule has 0 unspecified atom stereocenters. The first kappa shape index (κ1) is 14.8. The van der Waals surface area contributed by atoms with Crippen LogP contribution in [0.25, 0.3) is 0 Å². The zero-order chi connectivity index (χ0) is 14.1. The van der Waals surface area contributed by atoms with Crippen LogP contribution in [0.15, 0.2) is 23.1 Å². The fourth-order valence-corrected chi connectivity index (χ4v) is 3.57. The topological polar surface area (TPSA) is 58.2 Å². The van der Waals surface area contributed by atoms with Crippen LogP contribution >= 0.6 is 11.6 Å². The van der Waals surface area contributed by atoms with Crippen LogP contribution in [0.1, 0.15) is 32.3 Å². The predicted octanol–water partition coefficient (Wildman–Crippen LogP) is 2.28. The molecule has 1 aromatic carbocycles. The fraction of sp³-hybridized carbons (Fsp3) is 0.538. The van der Waals surface area contributed by atoms with E-state index in [-0.39, 0.29) is 10.4 Å². The van der Waals surface area contributed by atoms with E-state index < -0.39 is 10.0 Å². The predicted molar refractivity (Wildman–Crippen MR) is 76.8 cm³/mol. The van der Waals surface area contributed by atoms with Crippen LogP contribution in [0.5, 0.6) is 0 Å². The van der Waals surface area contributed by atoms with Gasteiger partial charge in [-0.05, 0) is 44.0 Å². The summed E-state index contributed by atoms with van der Waals surface area (Å²) < 4.78 is 27.1. The van der Waals surface area contributed by atoms with Gasteiger partial charge in [-0.1, -0.05) is 24.6 Å². The van der Waals surface area contributed by atoms with E-state index in [1.54, 1.807) is 12.1 Å². The van der Waals surface area contributed by atoms with Gasteiger partial charge in [0.05, 0.1) is 4.90 Å². The molecule has 1 aliphatic rings. The van der Waals surface area contributed by atoms with Gasteiger partial charge in [0.1, 0.15) is 0 Å². The van der Waals surface area contributed by atoms with Crippen molar-refractivity contribution < 1.29 is 8.42 Å². The van der Waals surface area contributed by atoms with Gasteiger partial charge in [-0.25, -0.2) is 13.1 Å². The van der Waals surface area contributed by atoms with Gasteiger partial charge in [-0.15, -0.1) is 0 Å². The smallest absolute Gasteiger partial charge is 0.241 e. The van der Waals surface area contributed by atoms with Crippen LogP contribution in [0.4, 0.5) is 0 Å². The number of rotatable bonds is 6. The Morgan fingerprint density at radius 2 is 2.05 bits per heavy atom. The van der Waals surface area contributed by atoms with Crippen LogP contribution in [0.2, 0.25) is 5.02 Å².